The Balaban J connectivity index is 0.00000169. The smallest absolute Gasteiger partial charge is 0.179 e. The van der Waals surface area contributed by atoms with Crippen LogP contribution in [-0.2, 0) is 6.42 Å². The average molecular weight is 214 g/mol. The standard InChI is InChI=1S/C11H15NO.ClH/c1-3-9-4-6-10(7-5-9)11(13)8(2)12;/h4-8H,3,12H2,1-2H3;1H. The molecule has 0 amide bonds. The van der Waals surface area contributed by atoms with Crippen molar-refractivity contribution in [2.75, 3.05) is 0 Å². The largest absolute Gasteiger partial charge is 0.321 e. The molecule has 0 aliphatic rings. The molecule has 1 atom stereocenters. The minimum absolute atomic E-state index is 0. The highest BCUT2D eigenvalue weighted by Gasteiger charge is 2.09. The van der Waals surface area contributed by atoms with Crippen LogP contribution in [0.2, 0.25) is 0 Å². The van der Waals surface area contributed by atoms with Crippen LogP contribution in [0.25, 0.3) is 0 Å². The van der Waals surface area contributed by atoms with E-state index in [0.717, 1.165) is 6.42 Å². The summed E-state index contributed by atoms with van der Waals surface area (Å²) in [6.45, 7) is 3.79. The molecule has 0 heterocycles. The van der Waals surface area contributed by atoms with E-state index < -0.39 is 6.04 Å². The molecule has 0 aliphatic heterocycles. The lowest BCUT2D eigenvalue weighted by molar-refractivity contribution is 0.0968. The zero-order chi connectivity index (χ0) is 9.84. The molecule has 78 valence electrons. The Morgan fingerprint density at radius 2 is 1.86 bits per heavy atom. The van der Waals surface area contributed by atoms with Gasteiger partial charge in [0, 0.05) is 5.56 Å². The maximum Gasteiger partial charge on any atom is 0.179 e. The number of Topliss-reactive ketones (excluding diaryl/α,β-unsaturated/α-hetero) is 1. The first-order valence-electron chi connectivity index (χ1n) is 4.54. The second kappa shape index (κ2) is 5.78. The summed E-state index contributed by atoms with van der Waals surface area (Å²) < 4.78 is 0. The van der Waals surface area contributed by atoms with E-state index in [-0.39, 0.29) is 18.2 Å². The lowest BCUT2D eigenvalue weighted by atomic mass is 10.0. The molecule has 14 heavy (non-hydrogen) atoms. The van der Waals surface area contributed by atoms with Crippen molar-refractivity contribution in [3.05, 3.63) is 35.4 Å². The molecular weight excluding hydrogens is 198 g/mol. The molecule has 1 rings (SSSR count). The predicted octanol–water partition coefficient (Wildman–Crippen LogP) is 2.20. The normalized spacial score (nSPS) is 11.6. The SMILES string of the molecule is CCc1ccc(C(=O)C(C)N)cc1.Cl. The Morgan fingerprint density at radius 1 is 1.36 bits per heavy atom. The van der Waals surface area contributed by atoms with Gasteiger partial charge in [-0.05, 0) is 18.9 Å². The van der Waals surface area contributed by atoms with Gasteiger partial charge in [0.15, 0.2) is 5.78 Å². The van der Waals surface area contributed by atoms with E-state index in [1.165, 1.54) is 5.56 Å². The van der Waals surface area contributed by atoms with Crippen LogP contribution in [0, 0.1) is 0 Å². The molecule has 1 unspecified atom stereocenters. The van der Waals surface area contributed by atoms with Crippen LogP contribution in [0.3, 0.4) is 0 Å². The van der Waals surface area contributed by atoms with Gasteiger partial charge >= 0.3 is 0 Å². The highest BCUT2D eigenvalue weighted by molar-refractivity contribution is 5.99. The number of benzene rings is 1. The monoisotopic (exact) mass is 213 g/mol. The molecule has 2 N–H and O–H groups in total. The summed E-state index contributed by atoms with van der Waals surface area (Å²) in [5.74, 6) is 0.00246. The Kier molecular flexibility index (Phi) is 5.43. The Bertz CT molecular complexity index is 293. The second-order valence-corrected chi connectivity index (χ2v) is 3.20. The molecule has 0 bridgehead atoms. The van der Waals surface area contributed by atoms with Gasteiger partial charge in [0.25, 0.3) is 0 Å². The van der Waals surface area contributed by atoms with Crippen LogP contribution in [-0.4, -0.2) is 11.8 Å². The first-order chi connectivity index (χ1) is 6.15. The van der Waals surface area contributed by atoms with Crippen molar-refractivity contribution in [3.8, 4) is 0 Å². The Labute approximate surface area is 90.9 Å². The summed E-state index contributed by atoms with van der Waals surface area (Å²) in [4.78, 5) is 11.4. The summed E-state index contributed by atoms with van der Waals surface area (Å²) in [5.41, 5.74) is 7.43. The third kappa shape index (κ3) is 3.13. The van der Waals surface area contributed by atoms with Gasteiger partial charge in [-0.2, -0.15) is 0 Å². The van der Waals surface area contributed by atoms with Gasteiger partial charge in [0.05, 0.1) is 6.04 Å². The first kappa shape index (κ1) is 13.1. The molecule has 0 fully saturated rings. The number of halogens is 1. The number of nitrogens with two attached hydrogens (primary N) is 1. The summed E-state index contributed by atoms with van der Waals surface area (Å²) in [5, 5.41) is 0. The Morgan fingerprint density at radius 3 is 2.21 bits per heavy atom. The summed E-state index contributed by atoms with van der Waals surface area (Å²) >= 11 is 0. The van der Waals surface area contributed by atoms with Crippen molar-refractivity contribution in [2.24, 2.45) is 5.73 Å². The molecule has 0 radical (unpaired) electrons. The quantitative estimate of drug-likeness (QED) is 0.783. The molecule has 0 aliphatic carbocycles. The second-order valence-electron chi connectivity index (χ2n) is 3.20. The van der Waals surface area contributed by atoms with Crippen molar-refractivity contribution in [3.63, 3.8) is 0 Å². The number of carbonyl (C=O) groups is 1. The fraction of sp³-hybridized carbons (Fsp3) is 0.364. The van der Waals surface area contributed by atoms with Gasteiger partial charge in [-0.3, -0.25) is 4.79 Å². The highest BCUT2D eigenvalue weighted by Crippen LogP contribution is 2.06. The summed E-state index contributed by atoms with van der Waals surface area (Å²) in [7, 11) is 0. The molecule has 0 saturated heterocycles. The molecule has 3 heteroatoms. The van der Waals surface area contributed by atoms with Gasteiger partial charge in [-0.25, -0.2) is 0 Å². The Hall–Kier alpha value is -0.860. The van der Waals surface area contributed by atoms with E-state index in [1.807, 2.05) is 24.3 Å². The van der Waals surface area contributed by atoms with Gasteiger partial charge < -0.3 is 5.73 Å². The molecule has 1 aromatic rings. The van der Waals surface area contributed by atoms with E-state index >= 15 is 0 Å². The minimum Gasteiger partial charge on any atom is -0.321 e. The maximum atomic E-state index is 11.4. The maximum absolute atomic E-state index is 11.4. The highest BCUT2D eigenvalue weighted by atomic mass is 35.5. The zero-order valence-corrected chi connectivity index (χ0v) is 9.30. The van der Waals surface area contributed by atoms with Gasteiger partial charge in [-0.15, -0.1) is 12.4 Å². The topological polar surface area (TPSA) is 43.1 Å². The van der Waals surface area contributed by atoms with Crippen LogP contribution < -0.4 is 5.73 Å². The molecule has 0 spiro atoms. The number of ketones is 1. The third-order valence-electron chi connectivity index (χ3n) is 2.06. The fourth-order valence-corrected chi connectivity index (χ4v) is 1.17. The van der Waals surface area contributed by atoms with E-state index in [1.54, 1.807) is 6.92 Å². The molecule has 0 aromatic heterocycles. The molecule has 2 nitrogen and oxygen atoms in total. The van der Waals surface area contributed by atoms with E-state index in [9.17, 15) is 4.79 Å². The van der Waals surface area contributed by atoms with E-state index in [0.29, 0.717) is 5.56 Å². The number of hydrogen-bond acceptors (Lipinski definition) is 2. The number of carbonyl (C=O) groups excluding carboxylic acids is 1. The lowest BCUT2D eigenvalue weighted by Gasteiger charge is -2.04. The fourth-order valence-electron chi connectivity index (χ4n) is 1.17. The van der Waals surface area contributed by atoms with Crippen molar-refractivity contribution in [1.82, 2.24) is 0 Å². The van der Waals surface area contributed by atoms with Crippen LogP contribution >= 0.6 is 12.4 Å². The van der Waals surface area contributed by atoms with Crippen molar-refractivity contribution in [2.45, 2.75) is 26.3 Å². The summed E-state index contributed by atoms with van der Waals surface area (Å²) in [6, 6.07) is 7.20. The van der Waals surface area contributed by atoms with Crippen LogP contribution in [0.1, 0.15) is 29.8 Å². The zero-order valence-electron chi connectivity index (χ0n) is 8.49. The van der Waals surface area contributed by atoms with Gasteiger partial charge in [0.2, 0.25) is 0 Å². The van der Waals surface area contributed by atoms with E-state index in [4.69, 9.17) is 5.73 Å². The molecule has 0 saturated carbocycles. The third-order valence-corrected chi connectivity index (χ3v) is 2.06. The van der Waals surface area contributed by atoms with Crippen molar-refractivity contribution < 1.29 is 4.79 Å². The predicted molar refractivity (Wildman–Crippen MR) is 61.0 cm³/mol. The molecule has 1 aromatic carbocycles. The molecular formula is C11H16ClNO. The van der Waals surface area contributed by atoms with Crippen LogP contribution in [0.4, 0.5) is 0 Å². The van der Waals surface area contributed by atoms with Crippen molar-refractivity contribution in [1.29, 1.82) is 0 Å². The first-order valence-corrected chi connectivity index (χ1v) is 4.54. The average Bonchev–Trinajstić information content (AvgIpc) is 2.17. The minimum atomic E-state index is -0.410. The van der Waals surface area contributed by atoms with Crippen LogP contribution in [0.5, 0.6) is 0 Å². The van der Waals surface area contributed by atoms with Gasteiger partial charge in [0.1, 0.15) is 0 Å². The summed E-state index contributed by atoms with van der Waals surface area (Å²) in [6.07, 6.45) is 0.993. The number of hydrogen-bond donors (Lipinski definition) is 1. The number of aryl methyl sites for hydroxylation is 1. The van der Waals surface area contributed by atoms with Crippen molar-refractivity contribution >= 4 is 18.2 Å². The van der Waals surface area contributed by atoms with E-state index in [2.05, 4.69) is 6.92 Å². The van der Waals surface area contributed by atoms with Crippen LogP contribution in [0.15, 0.2) is 24.3 Å². The van der Waals surface area contributed by atoms with Gasteiger partial charge in [-0.1, -0.05) is 31.2 Å². The lowest BCUT2D eigenvalue weighted by Crippen LogP contribution is -2.26. The number of rotatable bonds is 3.